The summed E-state index contributed by atoms with van der Waals surface area (Å²) in [5.41, 5.74) is 0. The average molecular weight is 371 g/mol. The first-order chi connectivity index (χ1) is 10.2. The van der Waals surface area contributed by atoms with Gasteiger partial charge in [-0.05, 0) is 36.6 Å². The Bertz CT molecular complexity index is 402. The highest BCUT2D eigenvalue weighted by Gasteiger charge is 2.07. The SMILES string of the molecule is C=C(CCSc1ccc(Br)cc1)OCC(CC)CCCC. The highest BCUT2D eigenvalue weighted by molar-refractivity contribution is 9.10. The van der Waals surface area contributed by atoms with Crippen molar-refractivity contribution in [3.63, 3.8) is 0 Å². The molecular weight excluding hydrogens is 344 g/mol. The Balaban J connectivity index is 2.17. The lowest BCUT2D eigenvalue weighted by molar-refractivity contribution is 0.152. The number of unbranched alkanes of at least 4 members (excludes halogenated alkanes) is 1. The number of ether oxygens (including phenoxy) is 1. The van der Waals surface area contributed by atoms with Crippen molar-refractivity contribution < 1.29 is 4.74 Å². The van der Waals surface area contributed by atoms with Crippen LogP contribution in [0.3, 0.4) is 0 Å². The minimum Gasteiger partial charge on any atom is -0.498 e. The summed E-state index contributed by atoms with van der Waals surface area (Å²) in [5, 5.41) is 0. The van der Waals surface area contributed by atoms with Gasteiger partial charge in [0.2, 0.25) is 0 Å². The molecule has 0 heterocycles. The van der Waals surface area contributed by atoms with Gasteiger partial charge in [-0.1, -0.05) is 55.6 Å². The normalized spacial score (nSPS) is 12.1. The molecule has 0 aliphatic rings. The highest BCUT2D eigenvalue weighted by Crippen LogP contribution is 2.23. The lowest BCUT2D eigenvalue weighted by atomic mass is 10.0. The number of thioether (sulfide) groups is 1. The molecule has 0 aliphatic carbocycles. The third kappa shape index (κ3) is 8.57. The number of halogens is 1. The first-order valence-electron chi connectivity index (χ1n) is 7.84. The summed E-state index contributed by atoms with van der Waals surface area (Å²) in [6.07, 6.45) is 5.95. The van der Waals surface area contributed by atoms with Crippen LogP contribution in [-0.4, -0.2) is 12.4 Å². The molecule has 1 unspecified atom stereocenters. The van der Waals surface area contributed by atoms with Gasteiger partial charge in [-0.25, -0.2) is 0 Å². The summed E-state index contributed by atoms with van der Waals surface area (Å²) in [5.74, 6) is 2.63. The van der Waals surface area contributed by atoms with E-state index in [0.717, 1.165) is 29.0 Å². The van der Waals surface area contributed by atoms with Crippen LogP contribution in [0.25, 0.3) is 0 Å². The first-order valence-corrected chi connectivity index (χ1v) is 9.62. The molecule has 0 bridgehead atoms. The maximum Gasteiger partial charge on any atom is 0.0905 e. The largest absolute Gasteiger partial charge is 0.498 e. The molecule has 0 saturated heterocycles. The molecule has 118 valence electrons. The van der Waals surface area contributed by atoms with E-state index in [1.165, 1.54) is 30.6 Å². The van der Waals surface area contributed by atoms with Crippen LogP contribution < -0.4 is 0 Å². The van der Waals surface area contributed by atoms with E-state index < -0.39 is 0 Å². The van der Waals surface area contributed by atoms with Crippen LogP contribution in [0, 0.1) is 5.92 Å². The number of allylic oxidation sites excluding steroid dienone is 1. The van der Waals surface area contributed by atoms with Crippen molar-refractivity contribution in [2.24, 2.45) is 5.92 Å². The van der Waals surface area contributed by atoms with Gasteiger partial charge < -0.3 is 4.74 Å². The molecule has 1 rings (SSSR count). The third-order valence-corrected chi connectivity index (χ3v) is 5.07. The fraction of sp³-hybridized carbons (Fsp3) is 0.556. The molecule has 0 N–H and O–H groups in total. The summed E-state index contributed by atoms with van der Waals surface area (Å²) in [6.45, 7) is 9.36. The summed E-state index contributed by atoms with van der Waals surface area (Å²) in [4.78, 5) is 1.29. The van der Waals surface area contributed by atoms with Gasteiger partial charge in [0.25, 0.3) is 0 Å². The molecule has 1 aromatic carbocycles. The van der Waals surface area contributed by atoms with Gasteiger partial charge in [0.05, 0.1) is 12.4 Å². The molecule has 0 aliphatic heterocycles. The molecule has 0 spiro atoms. The van der Waals surface area contributed by atoms with E-state index >= 15 is 0 Å². The maximum atomic E-state index is 5.83. The zero-order valence-electron chi connectivity index (χ0n) is 13.2. The predicted octanol–water partition coefficient (Wildman–Crippen LogP) is 6.68. The van der Waals surface area contributed by atoms with Crippen molar-refractivity contribution >= 4 is 27.7 Å². The molecule has 0 saturated carbocycles. The molecule has 1 nitrogen and oxygen atoms in total. The van der Waals surface area contributed by atoms with Crippen molar-refractivity contribution in [3.8, 4) is 0 Å². The van der Waals surface area contributed by atoms with Crippen LogP contribution >= 0.6 is 27.7 Å². The van der Waals surface area contributed by atoms with E-state index in [9.17, 15) is 0 Å². The lowest BCUT2D eigenvalue weighted by Crippen LogP contribution is -2.08. The van der Waals surface area contributed by atoms with E-state index in [1.54, 1.807) is 0 Å². The van der Waals surface area contributed by atoms with Crippen LogP contribution in [0.15, 0.2) is 46.0 Å². The maximum absolute atomic E-state index is 5.83. The topological polar surface area (TPSA) is 9.23 Å². The van der Waals surface area contributed by atoms with E-state index in [0.29, 0.717) is 5.92 Å². The van der Waals surface area contributed by atoms with E-state index in [-0.39, 0.29) is 0 Å². The first kappa shape index (κ1) is 18.6. The third-order valence-electron chi connectivity index (χ3n) is 3.53. The van der Waals surface area contributed by atoms with Gasteiger partial charge in [0, 0.05) is 21.5 Å². The standard InChI is InChI=1S/C18H27BrOS/c1-4-6-7-16(5-2)14-20-15(3)12-13-21-18-10-8-17(19)9-11-18/h8-11,16H,3-7,12-14H2,1-2H3. The summed E-state index contributed by atoms with van der Waals surface area (Å²) in [7, 11) is 0. The van der Waals surface area contributed by atoms with Crippen LogP contribution in [0.2, 0.25) is 0 Å². The van der Waals surface area contributed by atoms with Crippen LogP contribution in [0.4, 0.5) is 0 Å². The van der Waals surface area contributed by atoms with Crippen molar-refractivity contribution in [2.75, 3.05) is 12.4 Å². The summed E-state index contributed by atoms with van der Waals surface area (Å²) in [6, 6.07) is 8.42. The summed E-state index contributed by atoms with van der Waals surface area (Å²) < 4.78 is 6.96. The Hall–Kier alpha value is -0.410. The van der Waals surface area contributed by atoms with Gasteiger partial charge in [0.15, 0.2) is 0 Å². The Morgan fingerprint density at radius 2 is 2.00 bits per heavy atom. The Morgan fingerprint density at radius 1 is 1.29 bits per heavy atom. The van der Waals surface area contributed by atoms with E-state index in [1.807, 2.05) is 11.8 Å². The Morgan fingerprint density at radius 3 is 2.62 bits per heavy atom. The van der Waals surface area contributed by atoms with Crippen LogP contribution in [0.1, 0.15) is 46.0 Å². The number of hydrogen-bond donors (Lipinski definition) is 0. The van der Waals surface area contributed by atoms with E-state index in [2.05, 4.69) is 60.6 Å². The Kier molecular flexibility index (Phi) is 9.94. The zero-order valence-corrected chi connectivity index (χ0v) is 15.6. The van der Waals surface area contributed by atoms with Crippen molar-refractivity contribution in [2.45, 2.75) is 50.8 Å². The number of benzene rings is 1. The Labute approximate surface area is 142 Å². The second-order valence-electron chi connectivity index (χ2n) is 5.32. The van der Waals surface area contributed by atoms with E-state index in [4.69, 9.17) is 4.74 Å². The molecule has 0 amide bonds. The zero-order chi connectivity index (χ0) is 15.5. The second-order valence-corrected chi connectivity index (χ2v) is 7.40. The minimum absolute atomic E-state index is 0.681. The summed E-state index contributed by atoms with van der Waals surface area (Å²) >= 11 is 5.30. The second kappa shape index (κ2) is 11.2. The molecule has 1 aromatic rings. The van der Waals surface area contributed by atoms with Gasteiger partial charge >= 0.3 is 0 Å². The average Bonchev–Trinajstić information content (AvgIpc) is 2.49. The van der Waals surface area contributed by atoms with Gasteiger partial charge in [-0.3, -0.25) is 0 Å². The van der Waals surface area contributed by atoms with Crippen molar-refractivity contribution in [1.29, 1.82) is 0 Å². The fourth-order valence-electron chi connectivity index (χ4n) is 2.02. The van der Waals surface area contributed by atoms with Gasteiger partial charge in [-0.15, -0.1) is 11.8 Å². The van der Waals surface area contributed by atoms with Crippen molar-refractivity contribution in [3.05, 3.63) is 41.1 Å². The monoisotopic (exact) mass is 370 g/mol. The molecule has 0 aromatic heterocycles. The van der Waals surface area contributed by atoms with Gasteiger partial charge in [0.1, 0.15) is 0 Å². The van der Waals surface area contributed by atoms with Gasteiger partial charge in [-0.2, -0.15) is 0 Å². The number of rotatable bonds is 11. The van der Waals surface area contributed by atoms with Crippen LogP contribution in [0.5, 0.6) is 0 Å². The lowest BCUT2D eigenvalue weighted by Gasteiger charge is -2.16. The molecule has 0 radical (unpaired) electrons. The fourth-order valence-corrected chi connectivity index (χ4v) is 3.18. The molecule has 3 heteroatoms. The minimum atomic E-state index is 0.681. The molecule has 1 atom stereocenters. The predicted molar refractivity (Wildman–Crippen MR) is 97.9 cm³/mol. The highest BCUT2D eigenvalue weighted by atomic mass is 79.9. The quantitative estimate of drug-likeness (QED) is 0.317. The molecule has 21 heavy (non-hydrogen) atoms. The van der Waals surface area contributed by atoms with Crippen LogP contribution in [-0.2, 0) is 4.74 Å². The number of hydrogen-bond acceptors (Lipinski definition) is 2. The van der Waals surface area contributed by atoms with Crippen molar-refractivity contribution in [1.82, 2.24) is 0 Å². The molecule has 0 fully saturated rings. The molecular formula is C18H27BrOS. The smallest absolute Gasteiger partial charge is 0.0905 e.